The van der Waals surface area contributed by atoms with Crippen molar-refractivity contribution in [3.05, 3.63) is 23.2 Å². The van der Waals surface area contributed by atoms with E-state index in [1.165, 1.54) is 0 Å². The van der Waals surface area contributed by atoms with Crippen molar-refractivity contribution < 1.29 is 9.53 Å². The normalized spacial score (nSPS) is 19.3. The smallest absolute Gasteiger partial charge is 0.228 e. The second-order valence-electron chi connectivity index (χ2n) is 4.38. The summed E-state index contributed by atoms with van der Waals surface area (Å²) in [5, 5.41) is 6.66. The van der Waals surface area contributed by atoms with Gasteiger partial charge in [-0.25, -0.2) is 0 Å². The predicted molar refractivity (Wildman–Crippen MR) is 72.2 cm³/mol. The zero-order valence-electron chi connectivity index (χ0n) is 10.3. The first-order valence-corrected chi connectivity index (χ1v) is 6.43. The molecule has 0 radical (unpaired) electrons. The average molecular weight is 269 g/mol. The summed E-state index contributed by atoms with van der Waals surface area (Å²) in [7, 11) is 1.55. The van der Waals surface area contributed by atoms with Gasteiger partial charge in [0.2, 0.25) is 5.91 Å². The van der Waals surface area contributed by atoms with Crippen LogP contribution in [0.2, 0.25) is 5.02 Å². The van der Waals surface area contributed by atoms with E-state index in [4.69, 9.17) is 16.3 Å². The van der Waals surface area contributed by atoms with E-state index in [2.05, 4.69) is 10.6 Å². The third-order valence-electron chi connectivity index (χ3n) is 3.09. The van der Waals surface area contributed by atoms with Crippen molar-refractivity contribution >= 4 is 23.2 Å². The van der Waals surface area contributed by atoms with E-state index >= 15 is 0 Å². The van der Waals surface area contributed by atoms with E-state index in [0.717, 1.165) is 25.9 Å². The van der Waals surface area contributed by atoms with Crippen LogP contribution < -0.4 is 15.4 Å². The highest BCUT2D eigenvalue weighted by Crippen LogP contribution is 2.27. The Bertz CT molecular complexity index is 431. The number of methoxy groups -OCH3 is 1. The molecule has 0 unspecified atom stereocenters. The summed E-state index contributed by atoms with van der Waals surface area (Å²) >= 11 is 5.93. The number of halogens is 1. The first kappa shape index (κ1) is 13.2. The van der Waals surface area contributed by atoms with Gasteiger partial charge < -0.3 is 15.4 Å². The molecule has 1 aromatic carbocycles. The Morgan fingerprint density at radius 2 is 2.39 bits per heavy atom. The zero-order valence-corrected chi connectivity index (χ0v) is 11.1. The third kappa shape index (κ3) is 3.15. The summed E-state index contributed by atoms with van der Waals surface area (Å²) in [5.74, 6) is 0.656. The second kappa shape index (κ2) is 6.07. The van der Waals surface area contributed by atoms with Crippen LogP contribution in [-0.4, -0.2) is 26.1 Å². The Labute approximate surface area is 112 Å². The van der Waals surface area contributed by atoms with Crippen molar-refractivity contribution in [3.63, 3.8) is 0 Å². The van der Waals surface area contributed by atoms with E-state index in [-0.39, 0.29) is 11.8 Å². The number of benzene rings is 1. The van der Waals surface area contributed by atoms with Gasteiger partial charge >= 0.3 is 0 Å². The second-order valence-corrected chi connectivity index (χ2v) is 4.79. The molecule has 1 atom stereocenters. The van der Waals surface area contributed by atoms with Gasteiger partial charge in [0.25, 0.3) is 0 Å². The van der Waals surface area contributed by atoms with Gasteiger partial charge in [0.05, 0.1) is 18.1 Å². The quantitative estimate of drug-likeness (QED) is 0.884. The first-order chi connectivity index (χ1) is 8.70. The number of nitrogens with one attached hydrogen (secondary N) is 2. The highest BCUT2D eigenvalue weighted by molar-refractivity contribution is 6.32. The van der Waals surface area contributed by atoms with Crippen LogP contribution in [-0.2, 0) is 4.79 Å². The number of carbonyl (C=O) groups excluding carboxylic acids is 1. The van der Waals surface area contributed by atoms with Gasteiger partial charge in [0, 0.05) is 18.3 Å². The Morgan fingerprint density at radius 1 is 1.56 bits per heavy atom. The summed E-state index contributed by atoms with van der Waals surface area (Å²) in [5.41, 5.74) is 0.715. The molecule has 1 saturated heterocycles. The molecule has 98 valence electrons. The molecule has 0 aliphatic carbocycles. The summed E-state index contributed by atoms with van der Waals surface area (Å²) in [6.45, 7) is 1.75. The molecule has 5 heteroatoms. The fraction of sp³-hybridized carbons (Fsp3) is 0.462. The molecular formula is C13H17ClN2O2. The molecule has 1 fully saturated rings. The topological polar surface area (TPSA) is 50.4 Å². The molecule has 1 aliphatic heterocycles. The van der Waals surface area contributed by atoms with Gasteiger partial charge in [-0.3, -0.25) is 4.79 Å². The number of carbonyl (C=O) groups is 1. The van der Waals surface area contributed by atoms with Gasteiger partial charge in [-0.05, 0) is 31.5 Å². The van der Waals surface area contributed by atoms with Crippen LogP contribution in [0.15, 0.2) is 18.2 Å². The Morgan fingerprint density at radius 3 is 3.06 bits per heavy atom. The summed E-state index contributed by atoms with van der Waals surface area (Å²) in [6.07, 6.45) is 1.98. The Hall–Kier alpha value is -1.26. The van der Waals surface area contributed by atoms with Crippen molar-refractivity contribution in [2.75, 3.05) is 25.5 Å². The maximum absolute atomic E-state index is 12.0. The minimum atomic E-state index is 0.0421. The van der Waals surface area contributed by atoms with E-state index in [0.29, 0.717) is 16.5 Å². The number of amides is 1. The minimum absolute atomic E-state index is 0.0421. The lowest BCUT2D eigenvalue weighted by Gasteiger charge is -2.22. The van der Waals surface area contributed by atoms with E-state index in [1.54, 1.807) is 25.3 Å². The molecule has 1 heterocycles. The van der Waals surface area contributed by atoms with Crippen molar-refractivity contribution in [3.8, 4) is 5.75 Å². The molecule has 1 aromatic rings. The average Bonchev–Trinajstić information content (AvgIpc) is 2.42. The summed E-state index contributed by atoms with van der Waals surface area (Å²) in [6, 6.07) is 5.23. The SMILES string of the molecule is COc1cc(NC(=O)[C@H]2CCCNC2)ccc1Cl. The molecule has 2 rings (SSSR count). The van der Waals surface area contributed by atoms with Gasteiger partial charge in [-0.2, -0.15) is 0 Å². The van der Waals surface area contributed by atoms with Gasteiger partial charge in [-0.15, -0.1) is 0 Å². The molecule has 1 amide bonds. The fourth-order valence-corrected chi connectivity index (χ4v) is 2.25. The van der Waals surface area contributed by atoms with Gasteiger partial charge in [0.15, 0.2) is 0 Å². The van der Waals surface area contributed by atoms with Crippen LogP contribution in [0.5, 0.6) is 5.75 Å². The Kier molecular flexibility index (Phi) is 4.44. The third-order valence-corrected chi connectivity index (χ3v) is 3.40. The molecule has 0 bridgehead atoms. The van der Waals surface area contributed by atoms with Crippen molar-refractivity contribution in [2.24, 2.45) is 5.92 Å². The van der Waals surface area contributed by atoms with Crippen LogP contribution in [0.3, 0.4) is 0 Å². The largest absolute Gasteiger partial charge is 0.495 e. The number of anilines is 1. The summed E-state index contributed by atoms with van der Waals surface area (Å²) < 4.78 is 5.12. The van der Waals surface area contributed by atoms with Crippen LogP contribution in [0.1, 0.15) is 12.8 Å². The molecule has 0 aromatic heterocycles. The van der Waals surface area contributed by atoms with Crippen LogP contribution in [0.25, 0.3) is 0 Å². The van der Waals surface area contributed by atoms with E-state index in [9.17, 15) is 4.79 Å². The van der Waals surface area contributed by atoms with Crippen molar-refractivity contribution in [1.29, 1.82) is 0 Å². The molecule has 0 spiro atoms. The van der Waals surface area contributed by atoms with Crippen LogP contribution >= 0.6 is 11.6 Å². The summed E-state index contributed by atoms with van der Waals surface area (Å²) in [4.78, 5) is 12.0. The maximum atomic E-state index is 12.0. The Balaban J connectivity index is 2.02. The monoisotopic (exact) mass is 268 g/mol. The number of hydrogen-bond acceptors (Lipinski definition) is 3. The molecule has 0 saturated carbocycles. The first-order valence-electron chi connectivity index (χ1n) is 6.06. The van der Waals surface area contributed by atoms with Crippen molar-refractivity contribution in [2.45, 2.75) is 12.8 Å². The number of piperidine rings is 1. The lowest BCUT2D eigenvalue weighted by molar-refractivity contribution is -0.120. The highest BCUT2D eigenvalue weighted by Gasteiger charge is 2.20. The molecule has 1 aliphatic rings. The van der Waals surface area contributed by atoms with Gasteiger partial charge in [-0.1, -0.05) is 11.6 Å². The van der Waals surface area contributed by atoms with Crippen LogP contribution in [0, 0.1) is 5.92 Å². The molecule has 4 nitrogen and oxygen atoms in total. The fourth-order valence-electron chi connectivity index (χ4n) is 2.06. The zero-order chi connectivity index (χ0) is 13.0. The minimum Gasteiger partial charge on any atom is -0.495 e. The maximum Gasteiger partial charge on any atom is 0.228 e. The molecular weight excluding hydrogens is 252 g/mol. The van der Waals surface area contributed by atoms with E-state index in [1.807, 2.05) is 0 Å². The highest BCUT2D eigenvalue weighted by atomic mass is 35.5. The van der Waals surface area contributed by atoms with Crippen LogP contribution in [0.4, 0.5) is 5.69 Å². The number of hydrogen-bond donors (Lipinski definition) is 2. The molecule has 2 N–H and O–H groups in total. The lowest BCUT2D eigenvalue weighted by Crippen LogP contribution is -2.37. The standard InChI is InChI=1S/C13H17ClN2O2/c1-18-12-7-10(4-5-11(12)14)16-13(17)9-3-2-6-15-8-9/h4-5,7,9,15H,2-3,6,8H2,1H3,(H,16,17)/t9-/m0/s1. The van der Waals surface area contributed by atoms with Gasteiger partial charge in [0.1, 0.15) is 5.75 Å². The number of ether oxygens (including phenoxy) is 1. The predicted octanol–water partition coefficient (Wildman–Crippen LogP) is 2.29. The lowest BCUT2D eigenvalue weighted by atomic mass is 9.99. The van der Waals surface area contributed by atoms with Crippen molar-refractivity contribution in [1.82, 2.24) is 5.32 Å². The van der Waals surface area contributed by atoms with E-state index < -0.39 is 0 Å². The number of rotatable bonds is 3. The molecule has 18 heavy (non-hydrogen) atoms.